The Hall–Kier alpha value is -2.33. The zero-order valence-electron chi connectivity index (χ0n) is 15.6. The summed E-state index contributed by atoms with van der Waals surface area (Å²) in [5, 5.41) is 16.3. The van der Waals surface area contributed by atoms with Crippen molar-refractivity contribution in [3.8, 4) is 6.07 Å². The first kappa shape index (κ1) is 19.4. The number of amides is 1. The van der Waals surface area contributed by atoms with Crippen LogP contribution in [-0.2, 0) is 17.8 Å². The molecule has 7 heteroatoms. The van der Waals surface area contributed by atoms with Gasteiger partial charge in [0.05, 0.1) is 30.8 Å². The molecule has 1 aromatic carbocycles. The largest absolute Gasteiger partial charge is 0.349 e. The second-order valence-electron chi connectivity index (χ2n) is 6.72. The smallest absolute Gasteiger partial charge is 0.220 e. The summed E-state index contributed by atoms with van der Waals surface area (Å²) in [5.41, 5.74) is 3.85. The van der Waals surface area contributed by atoms with Crippen molar-refractivity contribution in [1.82, 2.24) is 15.1 Å². The molecule has 5 nitrogen and oxygen atoms in total. The fraction of sp³-hybridized carbons (Fsp3) is 0.450. The van der Waals surface area contributed by atoms with E-state index in [1.54, 1.807) is 17.8 Å². The second kappa shape index (κ2) is 8.57. The summed E-state index contributed by atoms with van der Waals surface area (Å²) in [5.74, 6) is 0.602. The number of aryl methyl sites for hydroxylation is 2. The molecule has 1 N–H and O–H groups in total. The van der Waals surface area contributed by atoms with E-state index >= 15 is 0 Å². The Morgan fingerprint density at radius 1 is 1.48 bits per heavy atom. The summed E-state index contributed by atoms with van der Waals surface area (Å²) >= 11 is 1.70. The number of carbonyl (C=O) groups excluding carboxylic acids is 1. The number of nitrogens with zero attached hydrogens (tertiary/aromatic N) is 3. The van der Waals surface area contributed by atoms with Crippen molar-refractivity contribution in [2.24, 2.45) is 0 Å². The fourth-order valence-electron chi connectivity index (χ4n) is 3.49. The third-order valence-electron chi connectivity index (χ3n) is 4.92. The monoisotopic (exact) mass is 386 g/mol. The van der Waals surface area contributed by atoms with Crippen molar-refractivity contribution in [2.75, 3.05) is 5.75 Å². The number of hydrogen-bond donors (Lipinski definition) is 1. The minimum Gasteiger partial charge on any atom is -0.349 e. The summed E-state index contributed by atoms with van der Waals surface area (Å²) in [6.45, 7) is 4.47. The predicted molar refractivity (Wildman–Crippen MR) is 103 cm³/mol. The van der Waals surface area contributed by atoms with E-state index in [0.29, 0.717) is 25.8 Å². The highest BCUT2D eigenvalue weighted by Crippen LogP contribution is 2.36. The molecule has 0 fully saturated rings. The van der Waals surface area contributed by atoms with Gasteiger partial charge in [-0.15, -0.1) is 11.8 Å². The number of aromatic nitrogens is 2. The van der Waals surface area contributed by atoms with Crippen LogP contribution in [0.3, 0.4) is 0 Å². The van der Waals surface area contributed by atoms with Crippen LogP contribution in [0.1, 0.15) is 47.8 Å². The Bertz CT molecular complexity index is 887. The molecule has 1 unspecified atom stereocenters. The van der Waals surface area contributed by atoms with E-state index in [1.165, 1.54) is 12.1 Å². The van der Waals surface area contributed by atoms with Crippen LogP contribution in [0.2, 0.25) is 0 Å². The van der Waals surface area contributed by atoms with E-state index in [1.807, 2.05) is 18.5 Å². The average Bonchev–Trinajstić information content (AvgIpc) is 2.92. The second-order valence-corrected chi connectivity index (χ2v) is 7.86. The molecule has 2 heterocycles. The van der Waals surface area contributed by atoms with E-state index in [9.17, 15) is 9.18 Å². The van der Waals surface area contributed by atoms with Crippen molar-refractivity contribution in [3.05, 3.63) is 46.5 Å². The minimum absolute atomic E-state index is 0.0364. The predicted octanol–water partition coefficient (Wildman–Crippen LogP) is 3.84. The Kier molecular flexibility index (Phi) is 6.17. The van der Waals surface area contributed by atoms with E-state index in [4.69, 9.17) is 5.26 Å². The Balaban J connectivity index is 1.62. The first-order chi connectivity index (χ1) is 13.0. The molecule has 27 heavy (non-hydrogen) atoms. The number of thioether (sulfide) groups is 1. The molecule has 1 aromatic heterocycles. The molecule has 0 saturated carbocycles. The summed E-state index contributed by atoms with van der Waals surface area (Å²) in [7, 11) is 0. The van der Waals surface area contributed by atoms with Gasteiger partial charge in [0, 0.05) is 22.8 Å². The van der Waals surface area contributed by atoms with Crippen LogP contribution in [0.4, 0.5) is 4.39 Å². The van der Waals surface area contributed by atoms with Gasteiger partial charge in [0.1, 0.15) is 5.82 Å². The lowest BCUT2D eigenvalue weighted by molar-refractivity contribution is -0.121. The molecule has 0 aliphatic carbocycles. The van der Waals surface area contributed by atoms with E-state index in [-0.39, 0.29) is 17.8 Å². The topological polar surface area (TPSA) is 70.7 Å². The summed E-state index contributed by atoms with van der Waals surface area (Å²) < 4.78 is 15.4. The number of nitrogens with one attached hydrogen (secondary N) is 1. The lowest BCUT2D eigenvalue weighted by Gasteiger charge is -2.26. The highest BCUT2D eigenvalue weighted by molar-refractivity contribution is 7.99. The average molecular weight is 386 g/mol. The Morgan fingerprint density at radius 2 is 2.30 bits per heavy atom. The molecule has 2 aromatic rings. The van der Waals surface area contributed by atoms with Crippen LogP contribution in [-0.4, -0.2) is 21.4 Å². The van der Waals surface area contributed by atoms with Crippen LogP contribution in [0.25, 0.3) is 0 Å². The normalized spacial score (nSPS) is 15.9. The van der Waals surface area contributed by atoms with Crippen LogP contribution in [0.15, 0.2) is 23.1 Å². The van der Waals surface area contributed by atoms with Gasteiger partial charge in [-0.25, -0.2) is 4.39 Å². The third-order valence-corrected chi connectivity index (χ3v) is 6.04. The van der Waals surface area contributed by atoms with E-state index in [0.717, 1.165) is 39.6 Å². The summed E-state index contributed by atoms with van der Waals surface area (Å²) in [6, 6.07) is 6.77. The highest BCUT2D eigenvalue weighted by Gasteiger charge is 2.23. The van der Waals surface area contributed by atoms with Crippen LogP contribution in [0.5, 0.6) is 0 Å². The number of benzene rings is 1. The molecule has 0 radical (unpaired) electrons. The summed E-state index contributed by atoms with van der Waals surface area (Å²) in [4.78, 5) is 13.5. The van der Waals surface area contributed by atoms with Crippen molar-refractivity contribution in [1.29, 1.82) is 5.26 Å². The zero-order valence-corrected chi connectivity index (χ0v) is 16.4. The number of carbonyl (C=O) groups is 1. The molecule has 3 rings (SSSR count). The number of rotatable bonds is 6. The molecular formula is C20H23FN4OS. The van der Waals surface area contributed by atoms with Gasteiger partial charge in [-0.05, 0) is 56.0 Å². The quantitative estimate of drug-likeness (QED) is 0.819. The maximum Gasteiger partial charge on any atom is 0.220 e. The van der Waals surface area contributed by atoms with E-state index in [2.05, 4.69) is 16.5 Å². The zero-order chi connectivity index (χ0) is 19.4. The maximum atomic E-state index is 13.6. The first-order valence-electron chi connectivity index (χ1n) is 9.11. The molecule has 0 spiro atoms. The van der Waals surface area contributed by atoms with Crippen LogP contribution < -0.4 is 5.32 Å². The lowest BCUT2D eigenvalue weighted by atomic mass is 10.0. The first-order valence-corrected chi connectivity index (χ1v) is 10.1. The van der Waals surface area contributed by atoms with Gasteiger partial charge >= 0.3 is 0 Å². The molecule has 0 bridgehead atoms. The van der Waals surface area contributed by atoms with Gasteiger partial charge in [-0.2, -0.15) is 10.4 Å². The standard InChI is InChI=1S/C20H23FN4OS/c1-13-16(14(2)25(24-13)10-3-9-22)5-7-20(26)23-18-8-11-27-19-6-4-15(21)12-17(18)19/h4,6,12,18H,3,5,7-8,10-11H2,1-2H3,(H,23,26). The Labute approximate surface area is 162 Å². The number of hydrogen-bond acceptors (Lipinski definition) is 4. The van der Waals surface area contributed by atoms with Gasteiger partial charge in [-0.3, -0.25) is 9.48 Å². The molecule has 1 aliphatic heterocycles. The molecule has 1 atom stereocenters. The van der Waals surface area contributed by atoms with Gasteiger partial charge in [0.25, 0.3) is 0 Å². The van der Waals surface area contributed by atoms with Gasteiger partial charge in [0.15, 0.2) is 0 Å². The van der Waals surface area contributed by atoms with Crippen LogP contribution >= 0.6 is 11.8 Å². The molecular weight excluding hydrogens is 363 g/mol. The van der Waals surface area contributed by atoms with Gasteiger partial charge in [0.2, 0.25) is 5.91 Å². The van der Waals surface area contributed by atoms with Crippen molar-refractivity contribution >= 4 is 17.7 Å². The molecule has 1 aliphatic rings. The SMILES string of the molecule is Cc1nn(CCC#N)c(C)c1CCC(=O)NC1CCSc2ccc(F)cc21. The molecule has 142 valence electrons. The highest BCUT2D eigenvalue weighted by atomic mass is 32.2. The third kappa shape index (κ3) is 4.51. The molecule has 1 amide bonds. The van der Waals surface area contributed by atoms with Crippen LogP contribution in [0, 0.1) is 31.0 Å². The number of fused-ring (bicyclic) bond motifs is 1. The van der Waals surface area contributed by atoms with Crippen molar-refractivity contribution in [2.45, 2.75) is 57.0 Å². The minimum atomic E-state index is -0.272. The molecule has 0 saturated heterocycles. The van der Waals surface area contributed by atoms with Gasteiger partial charge in [-0.1, -0.05) is 0 Å². The summed E-state index contributed by atoms with van der Waals surface area (Å²) in [6.07, 6.45) is 2.18. The van der Waals surface area contributed by atoms with Crippen molar-refractivity contribution in [3.63, 3.8) is 0 Å². The Morgan fingerprint density at radius 3 is 3.07 bits per heavy atom. The van der Waals surface area contributed by atoms with Crippen molar-refractivity contribution < 1.29 is 9.18 Å². The fourth-order valence-corrected chi connectivity index (χ4v) is 4.60. The lowest BCUT2D eigenvalue weighted by Crippen LogP contribution is -2.31. The van der Waals surface area contributed by atoms with E-state index < -0.39 is 0 Å². The van der Waals surface area contributed by atoms with Gasteiger partial charge < -0.3 is 5.32 Å². The number of halogens is 1. The maximum absolute atomic E-state index is 13.6. The number of nitriles is 1.